The summed E-state index contributed by atoms with van der Waals surface area (Å²) in [7, 11) is 0. The van der Waals surface area contributed by atoms with Crippen LogP contribution in [0.5, 0.6) is 0 Å². The molecule has 0 bridgehead atoms. The number of hydrogen-bond acceptors (Lipinski definition) is 2. The zero-order chi connectivity index (χ0) is 20.0. The molecule has 27 heavy (non-hydrogen) atoms. The van der Waals surface area contributed by atoms with Crippen molar-refractivity contribution in [3.05, 3.63) is 0 Å². The summed E-state index contributed by atoms with van der Waals surface area (Å²) in [5.41, 5.74) is 0. The molecule has 0 radical (unpaired) electrons. The molecule has 0 saturated heterocycles. The van der Waals surface area contributed by atoms with Crippen LogP contribution in [-0.2, 0) is 9.59 Å². The van der Waals surface area contributed by atoms with Crippen molar-refractivity contribution < 1.29 is 14.7 Å². The van der Waals surface area contributed by atoms with Crippen LogP contribution in [0.4, 0.5) is 0 Å². The fourth-order valence-corrected chi connectivity index (χ4v) is 3.59. The van der Waals surface area contributed by atoms with Crippen LogP contribution in [0, 0.1) is 0 Å². The van der Waals surface area contributed by atoms with Crippen molar-refractivity contribution in [1.82, 2.24) is 0 Å². The molecule has 0 rings (SSSR count). The normalized spacial score (nSPS) is 11.0. The first-order valence-corrected chi connectivity index (χ1v) is 11.9. The lowest BCUT2D eigenvalue weighted by Gasteiger charge is -2.04. The molecule has 1 N–H and O–H groups in total. The van der Waals surface area contributed by atoms with E-state index >= 15 is 0 Å². The maximum absolute atomic E-state index is 11.9. The van der Waals surface area contributed by atoms with Gasteiger partial charge in [0, 0.05) is 19.3 Å². The molecular formula is C24H46O3. The summed E-state index contributed by atoms with van der Waals surface area (Å²) in [6.07, 6.45) is 23.9. The van der Waals surface area contributed by atoms with Crippen molar-refractivity contribution in [2.75, 3.05) is 0 Å². The number of ketones is 1. The molecule has 0 heterocycles. The van der Waals surface area contributed by atoms with Crippen LogP contribution >= 0.6 is 0 Å². The maximum Gasteiger partial charge on any atom is 0.303 e. The number of hydrogen-bond donors (Lipinski definition) is 1. The Hall–Kier alpha value is -0.860. The molecule has 0 aliphatic carbocycles. The molecule has 0 fully saturated rings. The molecule has 160 valence electrons. The highest BCUT2D eigenvalue weighted by Gasteiger charge is 2.02. The van der Waals surface area contributed by atoms with E-state index in [2.05, 4.69) is 6.92 Å². The molecule has 0 aromatic rings. The van der Waals surface area contributed by atoms with Gasteiger partial charge in [0.15, 0.2) is 0 Å². The third kappa shape index (κ3) is 23.1. The van der Waals surface area contributed by atoms with E-state index in [1.165, 1.54) is 83.5 Å². The summed E-state index contributed by atoms with van der Waals surface area (Å²) < 4.78 is 0. The first-order valence-electron chi connectivity index (χ1n) is 11.9. The highest BCUT2D eigenvalue weighted by atomic mass is 16.4. The van der Waals surface area contributed by atoms with Crippen LogP contribution in [0.2, 0.25) is 0 Å². The number of aliphatic carboxylic acids is 1. The van der Waals surface area contributed by atoms with Gasteiger partial charge in [0.05, 0.1) is 0 Å². The summed E-state index contributed by atoms with van der Waals surface area (Å²) in [4.78, 5) is 22.3. The third-order valence-corrected chi connectivity index (χ3v) is 5.41. The minimum absolute atomic E-state index is 0.313. The van der Waals surface area contributed by atoms with Crippen LogP contribution in [0.3, 0.4) is 0 Å². The van der Waals surface area contributed by atoms with Crippen molar-refractivity contribution in [3.8, 4) is 0 Å². The molecule has 0 spiro atoms. The lowest BCUT2D eigenvalue weighted by Crippen LogP contribution is -1.97. The van der Waals surface area contributed by atoms with Gasteiger partial charge in [-0.25, -0.2) is 0 Å². The minimum Gasteiger partial charge on any atom is -0.481 e. The van der Waals surface area contributed by atoms with Gasteiger partial charge in [-0.2, -0.15) is 0 Å². The quantitative estimate of drug-likeness (QED) is 0.194. The van der Waals surface area contributed by atoms with E-state index in [-0.39, 0.29) is 0 Å². The van der Waals surface area contributed by atoms with Crippen molar-refractivity contribution in [3.63, 3.8) is 0 Å². The Balaban J connectivity index is 3.16. The molecule has 0 aromatic heterocycles. The van der Waals surface area contributed by atoms with Gasteiger partial charge in [-0.1, -0.05) is 103 Å². The van der Waals surface area contributed by atoms with Gasteiger partial charge in [0.1, 0.15) is 5.78 Å². The van der Waals surface area contributed by atoms with E-state index in [1.807, 2.05) is 0 Å². The summed E-state index contributed by atoms with van der Waals surface area (Å²) >= 11 is 0. The van der Waals surface area contributed by atoms with Crippen LogP contribution in [0.1, 0.15) is 142 Å². The molecule has 0 amide bonds. The molecule has 3 nitrogen and oxygen atoms in total. The van der Waals surface area contributed by atoms with Gasteiger partial charge >= 0.3 is 5.97 Å². The Bertz CT molecular complexity index is 339. The summed E-state index contributed by atoms with van der Waals surface area (Å²) in [5.74, 6) is -0.210. The minimum atomic E-state index is -0.678. The Kier molecular flexibility index (Phi) is 20.8. The van der Waals surface area contributed by atoms with E-state index in [1.54, 1.807) is 0 Å². The summed E-state index contributed by atoms with van der Waals surface area (Å²) in [6.45, 7) is 2.26. The largest absolute Gasteiger partial charge is 0.481 e. The predicted molar refractivity (Wildman–Crippen MR) is 115 cm³/mol. The highest BCUT2D eigenvalue weighted by molar-refractivity contribution is 5.78. The Labute approximate surface area is 168 Å². The van der Waals surface area contributed by atoms with Gasteiger partial charge in [-0.3, -0.25) is 9.59 Å². The number of unbranched alkanes of at least 4 members (excludes halogenated alkanes) is 16. The van der Waals surface area contributed by atoms with E-state index in [0.29, 0.717) is 12.2 Å². The van der Waals surface area contributed by atoms with Crippen LogP contribution in [-0.4, -0.2) is 16.9 Å². The van der Waals surface area contributed by atoms with Crippen molar-refractivity contribution in [2.45, 2.75) is 142 Å². The zero-order valence-electron chi connectivity index (χ0n) is 18.1. The van der Waals surface area contributed by atoms with E-state index < -0.39 is 5.97 Å². The molecule has 0 atom stereocenters. The van der Waals surface area contributed by atoms with Gasteiger partial charge in [0.2, 0.25) is 0 Å². The number of rotatable bonds is 22. The monoisotopic (exact) mass is 382 g/mol. The third-order valence-electron chi connectivity index (χ3n) is 5.41. The molecule has 3 heteroatoms. The Morgan fingerprint density at radius 1 is 0.481 bits per heavy atom. The SMILES string of the molecule is CCCCCCCCCCCC(=O)CCCCCCCCCCCC(=O)O. The second-order valence-corrected chi connectivity index (χ2v) is 8.19. The average molecular weight is 383 g/mol. The first kappa shape index (κ1) is 26.1. The zero-order valence-corrected chi connectivity index (χ0v) is 18.1. The standard InChI is InChI=1S/C24H46O3/c1-2-3-4-5-6-8-11-14-17-20-23(25)21-18-15-12-9-7-10-13-16-19-22-24(26)27/h2-22H2,1H3,(H,26,27). The van der Waals surface area contributed by atoms with E-state index in [9.17, 15) is 9.59 Å². The predicted octanol–water partition coefficient (Wildman–Crippen LogP) is 7.85. The van der Waals surface area contributed by atoms with E-state index in [0.717, 1.165) is 44.9 Å². The Morgan fingerprint density at radius 3 is 1.11 bits per heavy atom. The van der Waals surface area contributed by atoms with Crippen LogP contribution in [0.15, 0.2) is 0 Å². The lowest BCUT2D eigenvalue weighted by atomic mass is 10.0. The fraction of sp³-hybridized carbons (Fsp3) is 0.917. The molecular weight excluding hydrogens is 336 g/mol. The van der Waals surface area contributed by atoms with Crippen LogP contribution < -0.4 is 0 Å². The van der Waals surface area contributed by atoms with Crippen molar-refractivity contribution in [2.24, 2.45) is 0 Å². The molecule has 0 aliphatic rings. The second kappa shape index (κ2) is 21.4. The van der Waals surface area contributed by atoms with Crippen molar-refractivity contribution >= 4 is 11.8 Å². The smallest absolute Gasteiger partial charge is 0.303 e. The number of carbonyl (C=O) groups excluding carboxylic acids is 1. The first-order chi connectivity index (χ1) is 13.2. The van der Waals surface area contributed by atoms with Gasteiger partial charge in [0.25, 0.3) is 0 Å². The lowest BCUT2D eigenvalue weighted by molar-refractivity contribution is -0.137. The Morgan fingerprint density at radius 2 is 0.778 bits per heavy atom. The number of carboxylic acids is 1. The maximum atomic E-state index is 11.9. The molecule has 0 aromatic carbocycles. The van der Waals surface area contributed by atoms with Gasteiger partial charge < -0.3 is 5.11 Å². The number of carboxylic acid groups (broad SMARTS) is 1. The average Bonchev–Trinajstić information content (AvgIpc) is 2.64. The molecule has 0 saturated carbocycles. The summed E-state index contributed by atoms with van der Waals surface area (Å²) in [5, 5.41) is 8.57. The molecule has 0 aliphatic heterocycles. The fourth-order valence-electron chi connectivity index (χ4n) is 3.59. The topological polar surface area (TPSA) is 54.4 Å². The van der Waals surface area contributed by atoms with Crippen LogP contribution in [0.25, 0.3) is 0 Å². The second-order valence-electron chi connectivity index (χ2n) is 8.19. The number of Topliss-reactive ketones (excluding diaryl/α,β-unsaturated/α-hetero) is 1. The van der Waals surface area contributed by atoms with E-state index in [4.69, 9.17) is 5.11 Å². The highest BCUT2D eigenvalue weighted by Crippen LogP contribution is 2.14. The van der Waals surface area contributed by atoms with Gasteiger partial charge in [-0.05, 0) is 19.3 Å². The van der Waals surface area contributed by atoms with Crippen molar-refractivity contribution in [1.29, 1.82) is 0 Å². The summed E-state index contributed by atoms with van der Waals surface area (Å²) in [6, 6.07) is 0. The number of carbonyl (C=O) groups is 2. The molecule has 0 unspecified atom stereocenters. The van der Waals surface area contributed by atoms with Gasteiger partial charge in [-0.15, -0.1) is 0 Å².